The van der Waals surface area contributed by atoms with E-state index in [1.807, 2.05) is 12.1 Å². The molecule has 0 unspecified atom stereocenters. The number of H-pyrrole nitrogens is 1. The molecule has 0 aliphatic heterocycles. The minimum absolute atomic E-state index is 0.0110. The Hall–Kier alpha value is -2.65. The molecule has 0 radical (unpaired) electrons. The zero-order valence-electron chi connectivity index (χ0n) is 14.1. The Balaban J connectivity index is 1.68. The van der Waals surface area contributed by atoms with Crippen LogP contribution in [0, 0.1) is 0 Å². The second kappa shape index (κ2) is 6.69. The lowest BCUT2D eigenvalue weighted by Gasteiger charge is -2.30. The van der Waals surface area contributed by atoms with E-state index in [0.717, 1.165) is 30.4 Å². The van der Waals surface area contributed by atoms with Gasteiger partial charge >= 0.3 is 0 Å². The van der Waals surface area contributed by atoms with Gasteiger partial charge in [0.1, 0.15) is 0 Å². The summed E-state index contributed by atoms with van der Waals surface area (Å²) in [4.78, 5) is 15.2. The molecule has 1 aromatic heterocycles. The summed E-state index contributed by atoms with van der Waals surface area (Å²) in [6, 6.07) is 21.0. The van der Waals surface area contributed by atoms with Gasteiger partial charge in [0.15, 0.2) is 0 Å². The largest absolute Gasteiger partial charge is 0.329 e. The van der Waals surface area contributed by atoms with E-state index in [9.17, 15) is 4.79 Å². The molecule has 0 bridgehead atoms. The minimum Gasteiger partial charge on any atom is -0.329 e. The van der Waals surface area contributed by atoms with Crippen LogP contribution in [-0.2, 0) is 12.8 Å². The van der Waals surface area contributed by atoms with Crippen molar-refractivity contribution in [1.29, 1.82) is 0 Å². The van der Waals surface area contributed by atoms with E-state index < -0.39 is 0 Å². The highest BCUT2D eigenvalue weighted by Crippen LogP contribution is 2.32. The number of aryl methyl sites for hydroxylation is 1. The molecular weight excluding hydrogens is 308 g/mol. The number of hydrogen-bond donors (Lipinski definition) is 2. The van der Waals surface area contributed by atoms with Crippen molar-refractivity contribution in [3.05, 3.63) is 93.9 Å². The third-order valence-corrected chi connectivity index (χ3v) is 5.21. The lowest BCUT2D eigenvalue weighted by atomic mass is 9.77. The van der Waals surface area contributed by atoms with E-state index in [-0.39, 0.29) is 17.5 Å². The molecule has 1 aliphatic carbocycles. The van der Waals surface area contributed by atoms with Crippen LogP contribution in [0.3, 0.4) is 0 Å². The summed E-state index contributed by atoms with van der Waals surface area (Å²) in [5.74, 6) is 0.0692. The number of rotatable bonds is 3. The molecule has 0 saturated carbocycles. The van der Waals surface area contributed by atoms with Crippen LogP contribution in [0.25, 0.3) is 11.1 Å². The highest BCUT2D eigenvalue weighted by Gasteiger charge is 2.29. The molecule has 3 nitrogen and oxygen atoms in total. The quantitative estimate of drug-likeness (QED) is 0.770. The van der Waals surface area contributed by atoms with E-state index in [4.69, 9.17) is 5.73 Å². The molecule has 126 valence electrons. The van der Waals surface area contributed by atoms with Gasteiger partial charge in [0.2, 0.25) is 0 Å². The van der Waals surface area contributed by atoms with Crippen molar-refractivity contribution < 1.29 is 0 Å². The highest BCUT2D eigenvalue weighted by atomic mass is 16.1. The monoisotopic (exact) mass is 330 g/mol. The Labute approximate surface area is 147 Å². The van der Waals surface area contributed by atoms with Crippen molar-refractivity contribution in [2.24, 2.45) is 5.73 Å². The van der Waals surface area contributed by atoms with Gasteiger partial charge in [-0.05, 0) is 47.6 Å². The summed E-state index contributed by atoms with van der Waals surface area (Å²) in [6.07, 6.45) is 4.35. The van der Waals surface area contributed by atoms with Crippen molar-refractivity contribution in [3.63, 3.8) is 0 Å². The molecule has 3 aromatic rings. The summed E-state index contributed by atoms with van der Waals surface area (Å²) in [5, 5.41) is 0. The molecule has 3 N–H and O–H groups in total. The fraction of sp³-hybridized carbons (Fsp3) is 0.227. The first kappa shape index (κ1) is 15.9. The van der Waals surface area contributed by atoms with E-state index in [1.165, 1.54) is 16.7 Å². The number of nitrogens with one attached hydrogen (secondary N) is 1. The van der Waals surface area contributed by atoms with Gasteiger partial charge in [0.05, 0.1) is 0 Å². The molecule has 4 rings (SSSR count). The number of nitrogens with two attached hydrogens (primary N) is 1. The van der Waals surface area contributed by atoms with Crippen molar-refractivity contribution >= 4 is 0 Å². The van der Waals surface area contributed by atoms with Crippen LogP contribution in [0.1, 0.15) is 29.0 Å². The maximum Gasteiger partial charge on any atom is 0.251 e. The van der Waals surface area contributed by atoms with Crippen LogP contribution >= 0.6 is 0 Å². The van der Waals surface area contributed by atoms with Crippen LogP contribution in [-0.4, -0.2) is 11.0 Å². The molecule has 2 aromatic carbocycles. The molecule has 0 saturated heterocycles. The van der Waals surface area contributed by atoms with E-state index in [1.54, 1.807) is 6.20 Å². The lowest BCUT2D eigenvalue weighted by Crippen LogP contribution is -2.38. The number of hydrogen-bond acceptors (Lipinski definition) is 2. The molecule has 1 aliphatic rings. The first-order valence-corrected chi connectivity index (χ1v) is 8.83. The van der Waals surface area contributed by atoms with Gasteiger partial charge in [-0.1, -0.05) is 54.6 Å². The lowest BCUT2D eigenvalue weighted by molar-refractivity contribution is 0.463. The minimum atomic E-state index is 0.0110. The van der Waals surface area contributed by atoms with E-state index >= 15 is 0 Å². The summed E-state index contributed by atoms with van der Waals surface area (Å²) in [7, 11) is 0. The third-order valence-electron chi connectivity index (χ3n) is 5.21. The Morgan fingerprint density at radius 3 is 2.64 bits per heavy atom. The van der Waals surface area contributed by atoms with Gasteiger partial charge < -0.3 is 10.7 Å². The fourth-order valence-corrected chi connectivity index (χ4v) is 3.91. The van der Waals surface area contributed by atoms with Gasteiger partial charge in [0.25, 0.3) is 5.56 Å². The normalized spacial score (nSPS) is 19.4. The SMILES string of the molecule is N[C@H]1CCc2cc[nH]c(=O)c2[C@H]1Cc1cccc(-c2ccccc2)c1. The van der Waals surface area contributed by atoms with Gasteiger partial charge in [-0.25, -0.2) is 0 Å². The van der Waals surface area contributed by atoms with Crippen molar-refractivity contribution in [2.45, 2.75) is 31.2 Å². The van der Waals surface area contributed by atoms with Crippen molar-refractivity contribution in [2.75, 3.05) is 0 Å². The number of pyridine rings is 1. The van der Waals surface area contributed by atoms with Crippen LogP contribution in [0.2, 0.25) is 0 Å². The van der Waals surface area contributed by atoms with Gasteiger partial charge in [-0.2, -0.15) is 0 Å². The Morgan fingerprint density at radius 2 is 1.80 bits per heavy atom. The van der Waals surface area contributed by atoms with E-state index in [2.05, 4.69) is 53.5 Å². The zero-order chi connectivity index (χ0) is 17.2. The average Bonchev–Trinajstić information content (AvgIpc) is 2.65. The number of aromatic amines is 1. The predicted molar refractivity (Wildman–Crippen MR) is 102 cm³/mol. The Bertz CT molecular complexity index is 930. The standard InChI is InChI=1S/C22H22N2O/c23-20-10-9-17-11-12-24-22(25)21(17)19(20)14-15-5-4-8-18(13-15)16-6-2-1-3-7-16/h1-8,11-13,19-20H,9-10,14,23H2,(H,24,25)/t19-,20-/m0/s1. The smallest absolute Gasteiger partial charge is 0.251 e. The fourth-order valence-electron chi connectivity index (χ4n) is 3.91. The molecule has 0 spiro atoms. The van der Waals surface area contributed by atoms with Crippen LogP contribution in [0.15, 0.2) is 71.7 Å². The highest BCUT2D eigenvalue weighted by molar-refractivity contribution is 5.64. The van der Waals surface area contributed by atoms with Crippen molar-refractivity contribution in [1.82, 2.24) is 4.98 Å². The molecule has 2 atom stereocenters. The molecule has 0 fully saturated rings. The third kappa shape index (κ3) is 3.15. The molecule has 25 heavy (non-hydrogen) atoms. The van der Waals surface area contributed by atoms with Crippen LogP contribution < -0.4 is 11.3 Å². The summed E-state index contributed by atoms with van der Waals surface area (Å²) in [5.41, 5.74) is 12.1. The maximum atomic E-state index is 12.4. The first-order valence-electron chi connectivity index (χ1n) is 8.83. The zero-order valence-corrected chi connectivity index (χ0v) is 14.1. The Kier molecular flexibility index (Phi) is 4.24. The number of benzene rings is 2. The number of aromatic nitrogens is 1. The number of fused-ring (bicyclic) bond motifs is 1. The van der Waals surface area contributed by atoms with Gasteiger partial charge in [-0.3, -0.25) is 4.79 Å². The molecular formula is C22H22N2O. The Morgan fingerprint density at radius 1 is 1.00 bits per heavy atom. The molecule has 3 heteroatoms. The maximum absolute atomic E-state index is 12.4. The summed E-state index contributed by atoms with van der Waals surface area (Å²) >= 11 is 0. The van der Waals surface area contributed by atoms with Gasteiger partial charge in [0, 0.05) is 23.7 Å². The van der Waals surface area contributed by atoms with E-state index in [0.29, 0.717) is 0 Å². The second-order valence-corrected chi connectivity index (χ2v) is 6.83. The van der Waals surface area contributed by atoms with Crippen LogP contribution in [0.4, 0.5) is 0 Å². The predicted octanol–water partition coefficient (Wildman–Crippen LogP) is 3.64. The van der Waals surface area contributed by atoms with Crippen molar-refractivity contribution in [3.8, 4) is 11.1 Å². The average molecular weight is 330 g/mol. The molecule has 0 amide bonds. The van der Waals surface area contributed by atoms with Crippen LogP contribution in [0.5, 0.6) is 0 Å². The van der Waals surface area contributed by atoms with Gasteiger partial charge in [-0.15, -0.1) is 0 Å². The summed E-state index contributed by atoms with van der Waals surface area (Å²) < 4.78 is 0. The topological polar surface area (TPSA) is 58.9 Å². The molecule has 1 heterocycles. The second-order valence-electron chi connectivity index (χ2n) is 6.83. The first-order chi connectivity index (χ1) is 12.2. The summed E-state index contributed by atoms with van der Waals surface area (Å²) in [6.45, 7) is 0.